The Bertz CT molecular complexity index is 2430. The Morgan fingerprint density at radius 2 is 0.773 bits per heavy atom. The molecule has 10 aliphatic carbocycles. The second-order valence-electron chi connectivity index (χ2n) is 27.7. The van der Waals surface area contributed by atoms with Crippen LogP contribution in [0, 0.1) is 46.3 Å². The van der Waals surface area contributed by atoms with Gasteiger partial charge in [-0.25, -0.2) is 0 Å². The normalized spacial score (nSPS) is 32.6. The first-order chi connectivity index (χ1) is 30.3. The van der Waals surface area contributed by atoms with Gasteiger partial charge < -0.3 is 0 Å². The first kappa shape index (κ1) is 47.7. The first-order valence-corrected chi connectivity index (χ1v) is 39.9. The van der Waals surface area contributed by atoms with E-state index < -0.39 is 17.4 Å². The van der Waals surface area contributed by atoms with E-state index in [1.54, 1.807) is 22.3 Å². The Labute approximate surface area is 414 Å². The van der Waals surface area contributed by atoms with Crippen LogP contribution in [0.4, 0.5) is 0 Å². The summed E-state index contributed by atoms with van der Waals surface area (Å²) in [6.45, 7) is 16.7. The van der Waals surface area contributed by atoms with E-state index >= 15 is 0 Å². The molecule has 8 bridgehead atoms. The van der Waals surface area contributed by atoms with Crippen LogP contribution in [0.1, 0.15) is 172 Å². The largest absolute Gasteiger partial charge is 0.147 e. The van der Waals surface area contributed by atoms with Crippen molar-refractivity contribution in [1.29, 1.82) is 0 Å². The monoisotopic (exact) mass is 1010 g/mol. The second kappa shape index (κ2) is 16.3. The molecular weight excluding hydrogens is 935 g/mol. The molecule has 0 saturated heterocycles. The van der Waals surface area contributed by atoms with Crippen LogP contribution >= 0.6 is 24.8 Å². The van der Waals surface area contributed by atoms with E-state index in [1.807, 2.05) is 11.1 Å². The summed E-state index contributed by atoms with van der Waals surface area (Å²) in [4.78, 5) is 0. The minimum Gasteiger partial charge on any atom is -0.147 e. The van der Waals surface area contributed by atoms with Crippen molar-refractivity contribution in [3.63, 3.8) is 0 Å². The van der Waals surface area contributed by atoms with Gasteiger partial charge in [0.25, 0.3) is 0 Å². The van der Waals surface area contributed by atoms with Crippen LogP contribution in [0.15, 0.2) is 96.1 Å². The van der Waals surface area contributed by atoms with Crippen LogP contribution in [0.3, 0.4) is 0 Å². The average Bonchev–Trinajstić information content (AvgIpc) is 3.78. The molecule has 2 atom stereocenters. The zero-order chi connectivity index (χ0) is 44.2. The van der Waals surface area contributed by atoms with Crippen LogP contribution in [-0.2, 0) is 28.2 Å². The minimum atomic E-state index is -4.01. The van der Waals surface area contributed by atoms with E-state index in [2.05, 4.69) is 155 Å². The van der Waals surface area contributed by atoms with Crippen molar-refractivity contribution in [3.8, 4) is 22.3 Å². The molecule has 0 nitrogen and oxygen atoms in total. The van der Waals surface area contributed by atoms with Crippen molar-refractivity contribution in [3.05, 3.63) is 129 Å². The van der Waals surface area contributed by atoms with Gasteiger partial charge in [0, 0.05) is 0 Å². The molecule has 0 radical (unpaired) electrons. The molecule has 0 aliphatic heterocycles. The van der Waals surface area contributed by atoms with Gasteiger partial charge in [-0.2, -0.15) is 0 Å². The van der Waals surface area contributed by atoms with E-state index in [1.165, 1.54) is 123 Å². The summed E-state index contributed by atoms with van der Waals surface area (Å²) in [6.07, 6.45) is 26.5. The predicted molar refractivity (Wildman–Crippen MR) is 288 cm³/mol. The summed E-state index contributed by atoms with van der Waals surface area (Å²) in [5.74, 6) is 5.87. The minimum absolute atomic E-state index is 0. The van der Waals surface area contributed by atoms with Gasteiger partial charge in [-0.3, -0.25) is 0 Å². The summed E-state index contributed by atoms with van der Waals surface area (Å²) in [5.41, 5.74) is 20.1. The van der Waals surface area contributed by atoms with E-state index in [4.69, 9.17) is 0 Å². The van der Waals surface area contributed by atoms with Crippen molar-refractivity contribution >= 4 is 43.8 Å². The van der Waals surface area contributed by atoms with Crippen LogP contribution in [-0.4, -0.2) is 6.88 Å². The van der Waals surface area contributed by atoms with Gasteiger partial charge in [0.1, 0.15) is 0 Å². The molecule has 350 valence electrons. The van der Waals surface area contributed by atoms with Crippen molar-refractivity contribution in [2.24, 2.45) is 46.3 Å². The molecular formula is C62H80Cl2SiZr. The fraction of sp³-hybridized carbons (Fsp3) is 0.548. The van der Waals surface area contributed by atoms with Crippen LogP contribution < -0.4 is 0 Å². The zero-order valence-corrected chi connectivity index (χ0v) is 47.3. The summed E-state index contributed by atoms with van der Waals surface area (Å²) < 4.78 is 7.08. The Balaban J connectivity index is 0.00000256. The van der Waals surface area contributed by atoms with Crippen LogP contribution in [0.5, 0.6) is 0 Å². The van der Waals surface area contributed by atoms with E-state index in [0.717, 1.165) is 35.5 Å². The Kier molecular flexibility index (Phi) is 11.8. The molecule has 10 aliphatic rings. The number of halogens is 2. The number of allylic oxidation sites excluding steroid dienone is 2. The topological polar surface area (TPSA) is 0 Å². The van der Waals surface area contributed by atoms with Crippen LogP contribution in [0.2, 0.25) is 9.26 Å². The van der Waals surface area contributed by atoms with Crippen molar-refractivity contribution in [1.82, 2.24) is 0 Å². The molecule has 4 heteroatoms. The van der Waals surface area contributed by atoms with Gasteiger partial charge in [-0.1, -0.05) is 0 Å². The second-order valence-corrected chi connectivity index (χ2v) is 58.2. The summed E-state index contributed by atoms with van der Waals surface area (Å²) in [5, 5.41) is 0. The molecule has 14 rings (SSSR count). The van der Waals surface area contributed by atoms with Crippen LogP contribution in [0.25, 0.3) is 34.4 Å². The van der Waals surface area contributed by atoms with E-state index in [9.17, 15) is 0 Å². The molecule has 0 spiro atoms. The molecule has 4 aromatic carbocycles. The molecule has 8 fully saturated rings. The van der Waals surface area contributed by atoms with E-state index in [0.29, 0.717) is 18.1 Å². The zero-order valence-electron chi connectivity index (χ0n) is 41.8. The standard InChI is InChI=1S/2C30H35.2CH3.2ClH.H2Si.Zr/c2*1-29(2,3)26-9-7-24(8-10-26)27-6-4-5-25-14-23(15-28(25)27)19-30-16-20-11-21(17-30)13-22(12-20)18-30;;;;;;/h2*4-10,14-15,20-22H,11-13,16-19H2,1-3H3;2*1H3;2*1H;1H2;. The van der Waals surface area contributed by atoms with E-state index in [-0.39, 0.29) is 35.6 Å². The smallest absolute Gasteiger partial charge is 0.147 e. The third-order valence-electron chi connectivity index (χ3n) is 19.8. The Morgan fingerprint density at radius 3 is 1.06 bits per heavy atom. The van der Waals surface area contributed by atoms with Gasteiger partial charge in [-0.05, 0) is 0 Å². The molecule has 0 N–H and O–H groups in total. The third kappa shape index (κ3) is 7.99. The maximum atomic E-state index is 2.98. The van der Waals surface area contributed by atoms with Gasteiger partial charge in [0.15, 0.2) is 0 Å². The summed E-state index contributed by atoms with van der Waals surface area (Å²) in [6, 6.07) is 34.6. The van der Waals surface area contributed by atoms with Crippen molar-refractivity contribution in [2.45, 2.75) is 159 Å². The Hall–Kier alpha value is -1.96. The molecule has 0 heterocycles. The van der Waals surface area contributed by atoms with Gasteiger partial charge in [0.2, 0.25) is 0 Å². The average molecular weight is 1020 g/mol. The number of rotatable bonds is 8. The number of hydrogen-bond acceptors (Lipinski definition) is 0. The van der Waals surface area contributed by atoms with Gasteiger partial charge >= 0.3 is 393 Å². The quantitative estimate of drug-likeness (QED) is 0.154. The maximum absolute atomic E-state index is 4.01. The SMILES string of the molecule is CC(C)(C)c1ccc(-c2cccc3c2C=C(CC24CC5CC(CC(C5)C2)C4)[CH]3[Zr]([CH3])([CH3])(=[SiH2])[CH]2C(CC34CC5CC(CC(C5)C3)C4)=Cc3c(-c4ccc(C(C)(C)C)cc4)cccc32)cc1.Cl.Cl. The number of hydrogen-bond donors (Lipinski definition) is 0. The summed E-state index contributed by atoms with van der Waals surface area (Å²) >= 11 is -4.01. The molecule has 66 heavy (non-hydrogen) atoms. The summed E-state index contributed by atoms with van der Waals surface area (Å²) in [7, 11) is 0. The number of fused-ring (bicyclic) bond motifs is 2. The van der Waals surface area contributed by atoms with Crippen molar-refractivity contribution in [2.75, 3.05) is 0 Å². The number of benzene rings is 4. The molecule has 4 aromatic rings. The fourth-order valence-electron chi connectivity index (χ4n) is 18.3. The third-order valence-corrected chi connectivity index (χ3v) is 37.3. The molecule has 0 amide bonds. The first-order valence-electron chi connectivity index (χ1n) is 26.3. The molecule has 8 saturated carbocycles. The molecule has 0 aromatic heterocycles. The van der Waals surface area contributed by atoms with Gasteiger partial charge in [-0.15, -0.1) is 24.8 Å². The van der Waals surface area contributed by atoms with Gasteiger partial charge in [0.05, 0.1) is 0 Å². The fourth-order valence-corrected chi connectivity index (χ4v) is 38.0. The van der Waals surface area contributed by atoms with Crippen molar-refractivity contribution < 1.29 is 17.4 Å². The predicted octanol–water partition coefficient (Wildman–Crippen LogP) is 17.6. The molecule has 2 unspecified atom stereocenters. The maximum Gasteiger partial charge on any atom is -0.147 e. The Morgan fingerprint density at radius 1 is 0.470 bits per heavy atom.